The van der Waals surface area contributed by atoms with Crippen molar-refractivity contribution >= 4 is 11.9 Å². The lowest BCUT2D eigenvalue weighted by atomic mass is 9.89. The van der Waals surface area contributed by atoms with E-state index in [1.807, 2.05) is 18.2 Å². The summed E-state index contributed by atoms with van der Waals surface area (Å²) in [5, 5.41) is 0. The Labute approximate surface area is 147 Å². The van der Waals surface area contributed by atoms with Gasteiger partial charge in [0.25, 0.3) is 0 Å². The first-order valence-corrected chi connectivity index (χ1v) is 8.37. The summed E-state index contributed by atoms with van der Waals surface area (Å²) in [4.78, 5) is 26.4. The number of carbonyl (C=O) groups excluding carboxylic acids is 2. The highest BCUT2D eigenvalue weighted by Crippen LogP contribution is 2.24. The zero-order chi connectivity index (χ0) is 17.6. The maximum absolute atomic E-state index is 12.6. The topological polar surface area (TPSA) is 55.8 Å². The number of ketones is 1. The first-order chi connectivity index (χ1) is 12.2. The Balaban J connectivity index is 1.54. The van der Waals surface area contributed by atoms with Crippen LogP contribution in [-0.2, 0) is 0 Å². The van der Waals surface area contributed by atoms with Gasteiger partial charge < -0.3 is 14.4 Å². The summed E-state index contributed by atoms with van der Waals surface area (Å²) in [7, 11) is 1.60. The van der Waals surface area contributed by atoms with E-state index in [1.54, 1.807) is 48.4 Å². The fourth-order valence-corrected chi connectivity index (χ4v) is 2.97. The second kappa shape index (κ2) is 7.83. The van der Waals surface area contributed by atoms with Crippen LogP contribution in [0.1, 0.15) is 23.2 Å². The van der Waals surface area contributed by atoms with E-state index in [4.69, 9.17) is 9.47 Å². The van der Waals surface area contributed by atoms with Crippen molar-refractivity contribution in [2.75, 3.05) is 20.2 Å². The lowest BCUT2D eigenvalue weighted by molar-refractivity contribution is 0.0829. The summed E-state index contributed by atoms with van der Waals surface area (Å²) < 4.78 is 10.5. The number of hydrogen-bond donors (Lipinski definition) is 0. The highest BCUT2D eigenvalue weighted by Gasteiger charge is 2.28. The van der Waals surface area contributed by atoms with Gasteiger partial charge >= 0.3 is 6.09 Å². The fraction of sp³-hybridized carbons (Fsp3) is 0.300. The Morgan fingerprint density at radius 3 is 2.16 bits per heavy atom. The second-order valence-electron chi connectivity index (χ2n) is 6.04. The minimum Gasteiger partial charge on any atom is -0.497 e. The van der Waals surface area contributed by atoms with Crippen LogP contribution in [0.2, 0.25) is 0 Å². The molecule has 1 fully saturated rings. The van der Waals surface area contributed by atoms with E-state index in [0.29, 0.717) is 37.2 Å². The molecule has 0 aliphatic carbocycles. The van der Waals surface area contributed by atoms with Crippen molar-refractivity contribution in [3.05, 3.63) is 60.2 Å². The van der Waals surface area contributed by atoms with E-state index < -0.39 is 0 Å². The van der Waals surface area contributed by atoms with Gasteiger partial charge in [-0.1, -0.05) is 18.2 Å². The average Bonchev–Trinajstić information content (AvgIpc) is 2.68. The van der Waals surface area contributed by atoms with E-state index in [9.17, 15) is 9.59 Å². The molecule has 1 heterocycles. The fourth-order valence-electron chi connectivity index (χ4n) is 2.97. The maximum Gasteiger partial charge on any atom is 0.415 e. The molecule has 25 heavy (non-hydrogen) atoms. The van der Waals surface area contributed by atoms with Crippen molar-refractivity contribution in [1.82, 2.24) is 4.90 Å². The van der Waals surface area contributed by atoms with Crippen LogP contribution < -0.4 is 9.47 Å². The molecule has 0 saturated carbocycles. The highest BCUT2D eigenvalue weighted by atomic mass is 16.6. The average molecular weight is 339 g/mol. The number of amides is 1. The van der Waals surface area contributed by atoms with Crippen LogP contribution in [0.25, 0.3) is 0 Å². The number of methoxy groups -OCH3 is 1. The molecule has 2 aromatic rings. The van der Waals surface area contributed by atoms with Gasteiger partial charge in [-0.25, -0.2) is 4.79 Å². The summed E-state index contributed by atoms with van der Waals surface area (Å²) in [6.07, 6.45) is 0.935. The zero-order valence-electron chi connectivity index (χ0n) is 14.2. The minimum absolute atomic E-state index is 0.0610. The molecular formula is C20H21NO4. The number of benzene rings is 2. The Bertz CT molecular complexity index is 719. The van der Waals surface area contributed by atoms with Crippen molar-refractivity contribution in [2.45, 2.75) is 12.8 Å². The standard InChI is InChI=1S/C20H21NO4/c1-24-17-9-7-15(8-10-17)19(22)16-11-13-21(14-12-16)20(23)25-18-5-3-2-4-6-18/h2-10,16H,11-14H2,1H3. The quantitative estimate of drug-likeness (QED) is 0.795. The molecule has 0 spiro atoms. The van der Waals surface area contributed by atoms with Gasteiger partial charge in [0.2, 0.25) is 0 Å². The second-order valence-corrected chi connectivity index (χ2v) is 6.04. The molecule has 0 unspecified atom stereocenters. The molecular weight excluding hydrogens is 318 g/mol. The summed E-state index contributed by atoms with van der Waals surface area (Å²) in [5.41, 5.74) is 0.686. The van der Waals surface area contributed by atoms with E-state index in [2.05, 4.69) is 0 Å². The van der Waals surface area contributed by atoms with E-state index in [1.165, 1.54) is 0 Å². The lowest BCUT2D eigenvalue weighted by Crippen LogP contribution is -2.41. The highest BCUT2D eigenvalue weighted by molar-refractivity contribution is 5.98. The summed E-state index contributed by atoms with van der Waals surface area (Å²) >= 11 is 0. The van der Waals surface area contributed by atoms with Gasteiger partial charge in [0.1, 0.15) is 11.5 Å². The summed E-state index contributed by atoms with van der Waals surface area (Å²) in [5.74, 6) is 1.33. The predicted molar refractivity (Wildman–Crippen MR) is 94.1 cm³/mol. The molecule has 0 atom stereocenters. The van der Waals surface area contributed by atoms with Crippen LogP contribution in [0.5, 0.6) is 11.5 Å². The third-order valence-corrected chi connectivity index (χ3v) is 4.45. The normalized spacial score (nSPS) is 14.8. The lowest BCUT2D eigenvalue weighted by Gasteiger charge is -2.30. The Morgan fingerprint density at radius 1 is 0.920 bits per heavy atom. The molecule has 5 nitrogen and oxygen atoms in total. The van der Waals surface area contributed by atoms with E-state index in [0.717, 1.165) is 5.75 Å². The monoisotopic (exact) mass is 339 g/mol. The van der Waals surface area contributed by atoms with Crippen LogP contribution in [0.15, 0.2) is 54.6 Å². The van der Waals surface area contributed by atoms with Gasteiger partial charge in [-0.15, -0.1) is 0 Å². The van der Waals surface area contributed by atoms with Crippen molar-refractivity contribution in [1.29, 1.82) is 0 Å². The van der Waals surface area contributed by atoms with Crippen molar-refractivity contribution in [3.63, 3.8) is 0 Å². The summed E-state index contributed by atoms with van der Waals surface area (Å²) in [6.45, 7) is 1.05. The predicted octanol–water partition coefficient (Wildman–Crippen LogP) is 3.79. The molecule has 130 valence electrons. The van der Waals surface area contributed by atoms with Crippen molar-refractivity contribution in [2.24, 2.45) is 5.92 Å². The van der Waals surface area contributed by atoms with Gasteiger partial charge in [0.15, 0.2) is 5.78 Å². The molecule has 0 radical (unpaired) electrons. The number of piperidine rings is 1. The SMILES string of the molecule is COc1ccc(C(=O)C2CCN(C(=O)Oc3ccccc3)CC2)cc1. The number of hydrogen-bond acceptors (Lipinski definition) is 4. The maximum atomic E-state index is 12.6. The van der Waals surface area contributed by atoms with Crippen LogP contribution in [0, 0.1) is 5.92 Å². The molecule has 0 aromatic heterocycles. The van der Waals surface area contributed by atoms with E-state index >= 15 is 0 Å². The third-order valence-electron chi connectivity index (χ3n) is 4.45. The minimum atomic E-state index is -0.360. The number of ether oxygens (including phenoxy) is 2. The summed E-state index contributed by atoms with van der Waals surface area (Å²) in [6, 6.07) is 16.2. The van der Waals surface area contributed by atoms with Gasteiger partial charge in [0.05, 0.1) is 7.11 Å². The Kier molecular flexibility index (Phi) is 5.33. The van der Waals surface area contributed by atoms with Crippen LogP contribution >= 0.6 is 0 Å². The number of rotatable bonds is 4. The van der Waals surface area contributed by atoms with Crippen molar-refractivity contribution in [3.8, 4) is 11.5 Å². The zero-order valence-corrected chi connectivity index (χ0v) is 14.2. The first kappa shape index (κ1) is 17.0. The largest absolute Gasteiger partial charge is 0.497 e. The van der Waals surface area contributed by atoms with Crippen LogP contribution in [0.4, 0.5) is 4.79 Å². The molecule has 0 bridgehead atoms. The molecule has 1 amide bonds. The first-order valence-electron chi connectivity index (χ1n) is 8.37. The molecule has 2 aromatic carbocycles. The Hall–Kier alpha value is -2.82. The van der Waals surface area contributed by atoms with E-state index in [-0.39, 0.29) is 17.8 Å². The third kappa shape index (κ3) is 4.18. The number of likely N-dealkylation sites (tertiary alicyclic amines) is 1. The van der Waals surface area contributed by atoms with Crippen LogP contribution in [-0.4, -0.2) is 37.0 Å². The number of para-hydroxylation sites is 1. The Morgan fingerprint density at radius 2 is 1.56 bits per heavy atom. The number of nitrogens with zero attached hydrogens (tertiary/aromatic N) is 1. The molecule has 1 aliphatic rings. The molecule has 5 heteroatoms. The number of Topliss-reactive ketones (excluding diaryl/α,β-unsaturated/α-hetero) is 1. The smallest absolute Gasteiger partial charge is 0.415 e. The molecule has 3 rings (SSSR count). The molecule has 1 aliphatic heterocycles. The van der Waals surface area contributed by atoms with Crippen LogP contribution in [0.3, 0.4) is 0 Å². The van der Waals surface area contributed by atoms with Gasteiger partial charge in [-0.05, 0) is 49.2 Å². The van der Waals surface area contributed by atoms with Gasteiger partial charge in [0, 0.05) is 24.6 Å². The number of carbonyl (C=O) groups is 2. The van der Waals surface area contributed by atoms with Crippen molar-refractivity contribution < 1.29 is 19.1 Å². The van der Waals surface area contributed by atoms with Gasteiger partial charge in [-0.2, -0.15) is 0 Å². The van der Waals surface area contributed by atoms with Gasteiger partial charge in [-0.3, -0.25) is 4.79 Å². The molecule has 0 N–H and O–H groups in total. The molecule has 1 saturated heterocycles.